The first kappa shape index (κ1) is 27.6. The molecule has 1 heterocycles. The number of rotatable bonds is 5. The quantitative estimate of drug-likeness (QED) is 0.173. The Kier molecular flexibility index (Phi) is 6.30. The molecular formula is C46H35N. The van der Waals surface area contributed by atoms with Gasteiger partial charge in [-0.15, -0.1) is 0 Å². The molecule has 0 amide bonds. The van der Waals surface area contributed by atoms with Crippen LogP contribution in [0.5, 0.6) is 0 Å². The van der Waals surface area contributed by atoms with E-state index in [1.54, 1.807) is 0 Å². The minimum absolute atomic E-state index is 0.0994. The smallest absolute Gasteiger partial charge is 0.0544 e. The van der Waals surface area contributed by atoms with Gasteiger partial charge in [0.2, 0.25) is 0 Å². The van der Waals surface area contributed by atoms with Crippen molar-refractivity contribution in [3.63, 3.8) is 0 Å². The Hall–Kier alpha value is -5.66. The predicted molar refractivity (Wildman–Crippen MR) is 198 cm³/mol. The van der Waals surface area contributed by atoms with E-state index in [-0.39, 0.29) is 11.3 Å². The third kappa shape index (κ3) is 4.38. The number of benzene rings is 7. The molecule has 1 aliphatic carbocycles. The van der Waals surface area contributed by atoms with Crippen molar-refractivity contribution in [3.05, 3.63) is 198 Å². The molecule has 0 saturated carbocycles. The van der Waals surface area contributed by atoms with Gasteiger partial charge in [-0.05, 0) is 86.5 Å². The molecule has 7 aromatic carbocycles. The van der Waals surface area contributed by atoms with Crippen molar-refractivity contribution in [1.29, 1.82) is 0 Å². The first-order valence-corrected chi connectivity index (χ1v) is 16.6. The molecule has 0 fully saturated rings. The highest BCUT2D eigenvalue weighted by molar-refractivity contribution is 6.11. The van der Waals surface area contributed by atoms with Gasteiger partial charge in [0.25, 0.3) is 0 Å². The molecule has 1 aliphatic rings. The number of nitrogens with zero attached hydrogens (tertiary/aromatic N) is 1. The first-order valence-electron chi connectivity index (χ1n) is 16.6. The van der Waals surface area contributed by atoms with E-state index in [2.05, 4.69) is 188 Å². The highest BCUT2D eigenvalue weighted by atomic mass is 15.0. The minimum Gasteiger partial charge on any atom is -0.309 e. The van der Waals surface area contributed by atoms with Crippen molar-refractivity contribution >= 4 is 21.8 Å². The van der Waals surface area contributed by atoms with Crippen molar-refractivity contribution in [2.75, 3.05) is 0 Å². The summed E-state index contributed by atoms with van der Waals surface area (Å²) >= 11 is 0. The van der Waals surface area contributed by atoms with Crippen molar-refractivity contribution in [2.24, 2.45) is 0 Å². The van der Waals surface area contributed by atoms with Gasteiger partial charge < -0.3 is 4.57 Å². The van der Waals surface area contributed by atoms with Gasteiger partial charge in [0.15, 0.2) is 0 Å². The maximum atomic E-state index is 2.46. The lowest BCUT2D eigenvalue weighted by Gasteiger charge is -2.22. The number of aromatic nitrogens is 1. The standard InChI is InChI=1S/C46H35N/c1-46(2)41-27-26-35(31-22-24-34(25-23-31)45(32-14-6-3-7-15-32)33-16-8-4-9-17-33)28-38(41)39-29-40-37-20-12-13-21-43(37)47(44(40)30-42(39)46)36-18-10-5-11-19-36/h3-30,45H,1-2H3. The van der Waals surface area contributed by atoms with E-state index >= 15 is 0 Å². The van der Waals surface area contributed by atoms with E-state index in [0.717, 1.165) is 0 Å². The molecule has 9 rings (SSSR count). The molecule has 0 atom stereocenters. The highest BCUT2D eigenvalue weighted by Crippen LogP contribution is 2.52. The van der Waals surface area contributed by atoms with Crippen LogP contribution in [0.2, 0.25) is 0 Å². The largest absolute Gasteiger partial charge is 0.309 e. The van der Waals surface area contributed by atoms with Crippen LogP contribution < -0.4 is 0 Å². The van der Waals surface area contributed by atoms with Crippen LogP contribution in [0.4, 0.5) is 0 Å². The summed E-state index contributed by atoms with van der Waals surface area (Å²) in [5.74, 6) is 0.194. The molecule has 8 aromatic rings. The van der Waals surface area contributed by atoms with Gasteiger partial charge in [-0.3, -0.25) is 0 Å². The lowest BCUT2D eigenvalue weighted by Crippen LogP contribution is -2.15. The number of hydrogen-bond acceptors (Lipinski definition) is 0. The SMILES string of the molecule is CC1(C)c2ccc(-c3ccc(C(c4ccccc4)c4ccccc4)cc3)cc2-c2cc3c4ccccc4n(-c4ccccc4)c3cc21. The Bertz CT molecular complexity index is 2360. The number of hydrogen-bond donors (Lipinski definition) is 0. The van der Waals surface area contributed by atoms with Crippen molar-refractivity contribution < 1.29 is 0 Å². The summed E-state index contributed by atoms with van der Waals surface area (Å²) in [5.41, 5.74) is 15.5. The molecule has 1 aromatic heterocycles. The van der Waals surface area contributed by atoms with Crippen molar-refractivity contribution in [1.82, 2.24) is 4.57 Å². The van der Waals surface area contributed by atoms with E-state index in [1.807, 2.05) is 0 Å². The molecule has 0 unspecified atom stereocenters. The predicted octanol–water partition coefficient (Wildman–Crippen LogP) is 11.9. The normalized spacial score (nSPS) is 13.3. The van der Waals surface area contributed by atoms with Crippen LogP contribution in [0, 0.1) is 0 Å². The maximum Gasteiger partial charge on any atom is 0.0544 e. The number of fused-ring (bicyclic) bond motifs is 6. The Balaban J connectivity index is 1.16. The fraction of sp³-hybridized carbons (Fsp3) is 0.0870. The van der Waals surface area contributed by atoms with Crippen LogP contribution in [-0.4, -0.2) is 4.57 Å². The second kappa shape index (κ2) is 10.7. The lowest BCUT2D eigenvalue weighted by molar-refractivity contribution is 0.661. The summed E-state index contributed by atoms with van der Waals surface area (Å²) in [4.78, 5) is 0. The fourth-order valence-electron chi connectivity index (χ4n) is 7.98. The van der Waals surface area contributed by atoms with Gasteiger partial charge in [0, 0.05) is 27.8 Å². The molecule has 0 aliphatic heterocycles. The van der Waals surface area contributed by atoms with Crippen LogP contribution in [0.1, 0.15) is 47.6 Å². The van der Waals surface area contributed by atoms with Gasteiger partial charge in [0.1, 0.15) is 0 Å². The van der Waals surface area contributed by atoms with Crippen LogP contribution in [0.3, 0.4) is 0 Å². The summed E-state index contributed by atoms with van der Waals surface area (Å²) < 4.78 is 2.43. The average molecular weight is 602 g/mol. The Labute approximate surface area is 276 Å². The first-order chi connectivity index (χ1) is 23.1. The van der Waals surface area contributed by atoms with Gasteiger partial charge >= 0.3 is 0 Å². The zero-order chi connectivity index (χ0) is 31.5. The maximum absolute atomic E-state index is 2.46. The molecular weight excluding hydrogens is 567 g/mol. The molecule has 0 radical (unpaired) electrons. The van der Waals surface area contributed by atoms with E-state index in [9.17, 15) is 0 Å². The van der Waals surface area contributed by atoms with Crippen LogP contribution in [0.25, 0.3) is 49.7 Å². The Morgan fingerprint density at radius 3 is 1.66 bits per heavy atom. The minimum atomic E-state index is -0.0994. The van der Waals surface area contributed by atoms with Gasteiger partial charge in [-0.1, -0.05) is 147 Å². The lowest BCUT2D eigenvalue weighted by atomic mass is 9.82. The second-order valence-corrected chi connectivity index (χ2v) is 13.4. The summed E-state index contributed by atoms with van der Waals surface area (Å²) in [5, 5.41) is 2.59. The monoisotopic (exact) mass is 601 g/mol. The molecule has 224 valence electrons. The summed E-state index contributed by atoms with van der Waals surface area (Å²) in [6, 6.07) is 62.5. The van der Waals surface area contributed by atoms with E-state index in [0.29, 0.717) is 0 Å². The molecule has 1 heteroatoms. The highest BCUT2D eigenvalue weighted by Gasteiger charge is 2.36. The van der Waals surface area contributed by atoms with E-state index in [4.69, 9.17) is 0 Å². The van der Waals surface area contributed by atoms with Crippen LogP contribution >= 0.6 is 0 Å². The van der Waals surface area contributed by atoms with Crippen molar-refractivity contribution in [2.45, 2.75) is 25.2 Å². The molecule has 0 N–H and O–H groups in total. The number of para-hydroxylation sites is 2. The van der Waals surface area contributed by atoms with E-state index in [1.165, 1.54) is 77.6 Å². The molecule has 0 bridgehead atoms. The summed E-state index contributed by atoms with van der Waals surface area (Å²) in [7, 11) is 0. The van der Waals surface area contributed by atoms with Gasteiger partial charge in [-0.2, -0.15) is 0 Å². The van der Waals surface area contributed by atoms with Crippen LogP contribution in [0.15, 0.2) is 170 Å². The van der Waals surface area contributed by atoms with Gasteiger partial charge in [0.05, 0.1) is 11.0 Å². The summed E-state index contributed by atoms with van der Waals surface area (Å²) in [6.45, 7) is 4.75. The van der Waals surface area contributed by atoms with Gasteiger partial charge in [-0.25, -0.2) is 0 Å². The van der Waals surface area contributed by atoms with Crippen molar-refractivity contribution in [3.8, 4) is 27.9 Å². The van der Waals surface area contributed by atoms with E-state index < -0.39 is 0 Å². The zero-order valence-corrected chi connectivity index (χ0v) is 26.7. The summed E-state index contributed by atoms with van der Waals surface area (Å²) in [6.07, 6.45) is 0. The third-order valence-corrected chi connectivity index (χ3v) is 10.3. The molecule has 1 nitrogen and oxygen atoms in total. The average Bonchev–Trinajstić information content (AvgIpc) is 3.57. The third-order valence-electron chi connectivity index (χ3n) is 10.3. The molecule has 0 spiro atoms. The Morgan fingerprint density at radius 2 is 0.979 bits per heavy atom. The second-order valence-electron chi connectivity index (χ2n) is 13.4. The Morgan fingerprint density at radius 1 is 0.426 bits per heavy atom. The zero-order valence-electron chi connectivity index (χ0n) is 26.7. The molecule has 47 heavy (non-hydrogen) atoms. The van der Waals surface area contributed by atoms with Crippen LogP contribution in [-0.2, 0) is 5.41 Å². The topological polar surface area (TPSA) is 4.93 Å². The fourth-order valence-corrected chi connectivity index (χ4v) is 7.98. The molecule has 0 saturated heterocycles.